The molecule has 308 valence electrons. The van der Waals surface area contributed by atoms with Crippen molar-refractivity contribution in [1.82, 2.24) is 30.7 Å². The van der Waals surface area contributed by atoms with Gasteiger partial charge in [0.25, 0.3) is 0 Å². The molecule has 5 N–H and O–H groups in total. The van der Waals surface area contributed by atoms with E-state index in [4.69, 9.17) is 4.74 Å². The van der Waals surface area contributed by atoms with Gasteiger partial charge in [0, 0.05) is 48.3 Å². The molecule has 5 rings (SSSR count). The number of hydrogen-bond donors (Lipinski definition) is 5. The summed E-state index contributed by atoms with van der Waals surface area (Å²) in [6.07, 6.45) is -3.15. The zero-order valence-electron chi connectivity index (χ0n) is 32.0. The van der Waals surface area contributed by atoms with Crippen LogP contribution in [0.4, 0.5) is 19.3 Å². The van der Waals surface area contributed by atoms with Gasteiger partial charge in [0.15, 0.2) is 0 Å². The standard InChI is InChI=1S/C38H46F2IN7O9/c1-18-10-30-37(55)57-21(4)31(36(54)48-17-27(49)15-29(48)35(53)46(5)20(3)32(50)42-19(2)34(52)47(30)16-18)45-33(51)28(13-22-11-23(39)14-24(40)12-22)44-38(56)43-26-8-6-25(41)7-9-26/h6-9,11-12,14,18-21,27-31,49H,10,13,15-17H2,1-5H3,(H,42,50)(H,45,51)(H2,43,44,56)/t18-,19-,20-,21-,27+,28-,29-,30-,31-/m0/s1. The van der Waals surface area contributed by atoms with Crippen LogP contribution in [0.2, 0.25) is 0 Å². The number of ether oxygens (including phenoxy) is 1. The summed E-state index contributed by atoms with van der Waals surface area (Å²) in [4.78, 5) is 100. The van der Waals surface area contributed by atoms with Crippen molar-refractivity contribution in [3.63, 3.8) is 0 Å². The van der Waals surface area contributed by atoms with Crippen molar-refractivity contribution in [3.05, 3.63) is 63.2 Å². The van der Waals surface area contributed by atoms with E-state index < -0.39 is 108 Å². The maximum atomic E-state index is 14.5. The Morgan fingerprint density at radius 2 is 1.54 bits per heavy atom. The van der Waals surface area contributed by atoms with Crippen LogP contribution in [0.15, 0.2) is 42.5 Å². The number of urea groups is 1. The lowest BCUT2D eigenvalue weighted by Crippen LogP contribution is -2.62. The third-order valence-corrected chi connectivity index (χ3v) is 11.1. The number of anilines is 1. The lowest BCUT2D eigenvalue weighted by Gasteiger charge is -2.36. The first kappa shape index (κ1) is 43.2. The zero-order chi connectivity index (χ0) is 41.9. The predicted octanol–water partition coefficient (Wildman–Crippen LogP) is 1.28. The molecule has 0 radical (unpaired) electrons. The van der Waals surface area contributed by atoms with Crippen molar-refractivity contribution in [1.29, 1.82) is 0 Å². The highest BCUT2D eigenvalue weighted by Crippen LogP contribution is 2.27. The summed E-state index contributed by atoms with van der Waals surface area (Å²) in [5.41, 5.74) is 0.343. The van der Waals surface area contributed by atoms with Crippen LogP contribution in [0.5, 0.6) is 0 Å². The van der Waals surface area contributed by atoms with E-state index in [0.717, 1.165) is 25.5 Å². The Kier molecular flexibility index (Phi) is 13.7. The van der Waals surface area contributed by atoms with Crippen LogP contribution in [0.25, 0.3) is 0 Å². The van der Waals surface area contributed by atoms with E-state index in [1.165, 1.54) is 32.7 Å². The minimum Gasteiger partial charge on any atom is -0.458 e. The van der Waals surface area contributed by atoms with E-state index in [-0.39, 0.29) is 37.4 Å². The molecule has 2 aromatic rings. The molecule has 7 amide bonds. The van der Waals surface area contributed by atoms with E-state index in [0.29, 0.717) is 11.8 Å². The molecule has 3 aliphatic heterocycles. The maximum Gasteiger partial charge on any atom is 0.329 e. The molecule has 57 heavy (non-hydrogen) atoms. The van der Waals surface area contributed by atoms with Crippen LogP contribution in [-0.2, 0) is 39.9 Å². The number of halogens is 3. The topological polar surface area (TPSA) is 207 Å². The molecule has 0 aliphatic carbocycles. The molecule has 0 spiro atoms. The van der Waals surface area contributed by atoms with Gasteiger partial charge in [0.05, 0.1) is 6.10 Å². The minimum atomic E-state index is -1.75. The van der Waals surface area contributed by atoms with Crippen molar-refractivity contribution in [2.24, 2.45) is 5.92 Å². The molecule has 3 saturated heterocycles. The highest BCUT2D eigenvalue weighted by atomic mass is 127. The monoisotopic (exact) mass is 909 g/mol. The first-order valence-corrected chi connectivity index (χ1v) is 19.6. The van der Waals surface area contributed by atoms with Crippen molar-refractivity contribution in [2.45, 2.75) is 95.4 Å². The Balaban J connectivity index is 1.51. The highest BCUT2D eigenvalue weighted by Gasteiger charge is 2.47. The number of carbonyl (C=O) groups is 7. The number of fused-ring (bicyclic) bond motifs is 2. The second-order valence-corrected chi connectivity index (χ2v) is 16.1. The Morgan fingerprint density at radius 3 is 2.19 bits per heavy atom. The largest absolute Gasteiger partial charge is 0.458 e. The van der Waals surface area contributed by atoms with Crippen molar-refractivity contribution in [2.75, 3.05) is 25.5 Å². The van der Waals surface area contributed by atoms with E-state index in [2.05, 4.69) is 43.9 Å². The molecule has 0 bridgehead atoms. The Hall–Kier alpha value is -4.92. The van der Waals surface area contributed by atoms with E-state index in [1.807, 2.05) is 6.92 Å². The average molecular weight is 910 g/mol. The Bertz CT molecular complexity index is 1890. The van der Waals surface area contributed by atoms with Gasteiger partial charge >= 0.3 is 12.0 Å². The van der Waals surface area contributed by atoms with Gasteiger partial charge in [-0.1, -0.05) is 6.92 Å². The number of hydrogen-bond acceptors (Lipinski definition) is 9. The molecule has 16 nitrogen and oxygen atoms in total. The summed E-state index contributed by atoms with van der Waals surface area (Å²) in [5.74, 6) is -6.89. The number of benzene rings is 2. The number of likely N-dealkylation sites (N-methyl/N-ethyl adjacent to an activating group) is 1. The molecular formula is C38H46F2IN7O9. The van der Waals surface area contributed by atoms with Crippen molar-refractivity contribution >= 4 is 69.8 Å². The summed E-state index contributed by atoms with van der Waals surface area (Å²) in [6, 6.07) is 0.386. The zero-order valence-corrected chi connectivity index (χ0v) is 34.1. The summed E-state index contributed by atoms with van der Waals surface area (Å²) in [6.45, 7) is 5.82. The smallest absolute Gasteiger partial charge is 0.329 e. The normalized spacial score (nSPS) is 27.9. The third kappa shape index (κ3) is 10.3. The number of aliphatic hydroxyl groups is 1. The number of amides is 7. The Labute approximate surface area is 341 Å². The second-order valence-electron chi connectivity index (χ2n) is 14.9. The molecule has 0 saturated carbocycles. The van der Waals surface area contributed by atoms with Gasteiger partial charge < -0.3 is 45.8 Å². The van der Waals surface area contributed by atoms with Crippen LogP contribution >= 0.6 is 22.6 Å². The van der Waals surface area contributed by atoms with Gasteiger partial charge in [0.1, 0.15) is 54.0 Å². The highest BCUT2D eigenvalue weighted by molar-refractivity contribution is 14.1. The van der Waals surface area contributed by atoms with Gasteiger partial charge in [-0.05, 0) is 97.7 Å². The fourth-order valence-corrected chi connectivity index (χ4v) is 7.58. The quantitative estimate of drug-likeness (QED) is 0.209. The summed E-state index contributed by atoms with van der Waals surface area (Å²) < 4.78 is 35.2. The SMILES string of the molecule is C[C@H]1C[C@H]2C(=O)O[C@@H](C)[C@H](NC(=O)[C@H](Cc3cc(F)cc(F)c3)NC(=O)Nc3ccc(I)cc3)C(=O)N3C[C@H](O)C[C@H]3C(=O)N(C)[C@@H](C)C(=O)N[C@@H](C)C(=O)N2C1. The van der Waals surface area contributed by atoms with Crippen LogP contribution < -0.4 is 21.3 Å². The van der Waals surface area contributed by atoms with Crippen molar-refractivity contribution in [3.8, 4) is 0 Å². The average Bonchev–Trinajstić information content (AvgIpc) is 3.74. The number of cyclic esters (lactones) is 1. The third-order valence-electron chi connectivity index (χ3n) is 10.4. The van der Waals surface area contributed by atoms with Crippen LogP contribution in [0.1, 0.15) is 46.1 Å². The summed E-state index contributed by atoms with van der Waals surface area (Å²) in [7, 11) is 1.34. The number of nitrogens with one attached hydrogen (secondary N) is 4. The minimum absolute atomic E-state index is 0.0186. The molecule has 0 aromatic heterocycles. The van der Waals surface area contributed by atoms with Crippen LogP contribution in [0.3, 0.4) is 0 Å². The molecule has 3 aliphatic rings. The van der Waals surface area contributed by atoms with E-state index in [1.54, 1.807) is 24.3 Å². The maximum absolute atomic E-state index is 14.5. The molecule has 19 heteroatoms. The van der Waals surface area contributed by atoms with Crippen LogP contribution in [0, 0.1) is 21.1 Å². The summed E-state index contributed by atoms with van der Waals surface area (Å²) >= 11 is 2.08. The Morgan fingerprint density at radius 1 is 0.912 bits per heavy atom. The second kappa shape index (κ2) is 18.1. The van der Waals surface area contributed by atoms with Gasteiger partial charge in [-0.25, -0.2) is 18.4 Å². The van der Waals surface area contributed by atoms with E-state index >= 15 is 0 Å². The molecule has 9 atom stereocenters. The summed E-state index contributed by atoms with van der Waals surface area (Å²) in [5, 5.41) is 20.9. The number of nitrogens with zero attached hydrogens (tertiary/aromatic N) is 3. The molecule has 2 aromatic carbocycles. The van der Waals surface area contributed by atoms with Crippen molar-refractivity contribution < 1.29 is 52.2 Å². The first-order chi connectivity index (χ1) is 26.8. The lowest BCUT2D eigenvalue weighted by atomic mass is 10.0. The molecular weight excluding hydrogens is 863 g/mol. The van der Waals surface area contributed by atoms with E-state index in [9.17, 15) is 47.4 Å². The van der Waals surface area contributed by atoms with Crippen LogP contribution in [-0.4, -0.2) is 130 Å². The predicted molar refractivity (Wildman–Crippen MR) is 208 cm³/mol. The fourth-order valence-electron chi connectivity index (χ4n) is 7.23. The molecule has 0 unspecified atom stereocenters. The van der Waals surface area contributed by atoms with Gasteiger partial charge in [-0.15, -0.1) is 0 Å². The first-order valence-electron chi connectivity index (χ1n) is 18.5. The number of carbonyl (C=O) groups excluding carboxylic acids is 7. The number of aliphatic hydroxyl groups excluding tert-OH is 1. The molecule has 3 heterocycles. The molecule has 3 fully saturated rings. The van der Waals surface area contributed by atoms with Gasteiger partial charge in [0.2, 0.25) is 29.5 Å². The lowest BCUT2D eigenvalue weighted by molar-refractivity contribution is -0.162. The number of rotatable bonds is 6. The fraction of sp³-hybridized carbons (Fsp3) is 0.500. The number of esters is 1. The van der Waals surface area contributed by atoms with Gasteiger partial charge in [-0.3, -0.25) is 24.0 Å². The van der Waals surface area contributed by atoms with Gasteiger partial charge in [-0.2, -0.15) is 0 Å².